The molecule has 0 bridgehead atoms. The third-order valence-electron chi connectivity index (χ3n) is 4.36. The predicted octanol–water partition coefficient (Wildman–Crippen LogP) is 2.05. The number of hydrogen-bond donors (Lipinski definition) is 2. The molecule has 1 aliphatic heterocycles. The number of nitrogens with one attached hydrogen (secondary N) is 1. The minimum atomic E-state index is -0.432. The number of aromatic amines is 1. The number of carbonyl (C=O) groups excluding carboxylic acids is 2. The zero-order valence-electron chi connectivity index (χ0n) is 13.0. The quantitative estimate of drug-likeness (QED) is 0.889. The van der Waals surface area contributed by atoms with Crippen LogP contribution in [0, 0.1) is 0 Å². The van der Waals surface area contributed by atoms with Crippen LogP contribution in [0.15, 0.2) is 29.1 Å². The van der Waals surface area contributed by atoms with E-state index in [0.29, 0.717) is 28.0 Å². The van der Waals surface area contributed by atoms with E-state index in [1.54, 1.807) is 23.1 Å². The Bertz CT molecular complexity index is 862. The summed E-state index contributed by atoms with van der Waals surface area (Å²) in [4.78, 5) is 40.6. The lowest BCUT2D eigenvalue weighted by Crippen LogP contribution is -2.45. The molecule has 24 heavy (non-hydrogen) atoms. The van der Waals surface area contributed by atoms with Gasteiger partial charge in [0.25, 0.3) is 5.91 Å². The molecule has 1 aliphatic rings. The van der Waals surface area contributed by atoms with Crippen LogP contribution in [0.1, 0.15) is 36.0 Å². The number of nitrogens with two attached hydrogens (primary N) is 1. The molecule has 126 valence electrons. The summed E-state index contributed by atoms with van der Waals surface area (Å²) in [6, 6.07) is 6.05. The first-order valence-corrected chi connectivity index (χ1v) is 8.25. The number of amides is 2. The van der Waals surface area contributed by atoms with Gasteiger partial charge in [-0.15, -0.1) is 0 Å². The monoisotopic (exact) mass is 347 g/mol. The number of likely N-dealkylation sites (tertiary alicyclic amines) is 1. The largest absolute Gasteiger partial charge is 0.370 e. The minimum Gasteiger partial charge on any atom is -0.370 e. The van der Waals surface area contributed by atoms with Crippen molar-refractivity contribution >= 4 is 34.3 Å². The van der Waals surface area contributed by atoms with Crippen LogP contribution >= 0.6 is 11.6 Å². The minimum absolute atomic E-state index is 0.133. The highest BCUT2D eigenvalue weighted by Gasteiger charge is 2.29. The van der Waals surface area contributed by atoms with Crippen molar-refractivity contribution in [2.75, 3.05) is 6.54 Å². The van der Waals surface area contributed by atoms with Crippen LogP contribution in [0.2, 0.25) is 5.02 Å². The van der Waals surface area contributed by atoms with Gasteiger partial charge in [0, 0.05) is 41.0 Å². The van der Waals surface area contributed by atoms with Gasteiger partial charge < -0.3 is 15.6 Å². The molecule has 2 aromatic rings. The number of H-pyrrole nitrogens is 1. The van der Waals surface area contributed by atoms with Gasteiger partial charge in [0.2, 0.25) is 11.5 Å². The molecule has 1 atom stereocenters. The molecule has 0 saturated carbocycles. The summed E-state index contributed by atoms with van der Waals surface area (Å²) in [5.74, 6) is -0.696. The Kier molecular flexibility index (Phi) is 4.57. The smallest absolute Gasteiger partial charge is 0.255 e. The zero-order valence-corrected chi connectivity index (χ0v) is 13.8. The van der Waals surface area contributed by atoms with E-state index in [9.17, 15) is 14.4 Å². The van der Waals surface area contributed by atoms with Crippen molar-refractivity contribution in [3.8, 4) is 0 Å². The molecule has 2 amide bonds. The third-order valence-corrected chi connectivity index (χ3v) is 4.60. The Morgan fingerprint density at radius 3 is 2.83 bits per heavy atom. The molecule has 1 fully saturated rings. The highest BCUT2D eigenvalue weighted by Crippen LogP contribution is 2.25. The number of halogens is 1. The number of hydrogen-bond acceptors (Lipinski definition) is 3. The first-order valence-electron chi connectivity index (χ1n) is 7.87. The number of primary amides is 1. The second-order valence-electron chi connectivity index (χ2n) is 6.06. The molecule has 3 rings (SSSR count). The van der Waals surface area contributed by atoms with E-state index in [4.69, 9.17) is 17.3 Å². The van der Waals surface area contributed by atoms with Gasteiger partial charge in [0.1, 0.15) is 0 Å². The van der Waals surface area contributed by atoms with Crippen molar-refractivity contribution in [3.63, 3.8) is 0 Å². The van der Waals surface area contributed by atoms with E-state index in [1.165, 1.54) is 6.07 Å². The maximum Gasteiger partial charge on any atom is 0.255 e. The molecular formula is C17H18ClN3O3. The lowest BCUT2D eigenvalue weighted by molar-refractivity contribution is -0.119. The van der Waals surface area contributed by atoms with E-state index in [-0.39, 0.29) is 23.9 Å². The molecule has 1 aromatic carbocycles. The highest BCUT2D eigenvalue weighted by molar-refractivity contribution is 6.31. The summed E-state index contributed by atoms with van der Waals surface area (Å²) in [7, 11) is 0. The first-order chi connectivity index (χ1) is 11.5. The predicted molar refractivity (Wildman–Crippen MR) is 92.1 cm³/mol. The number of nitrogens with zero attached hydrogens (tertiary/aromatic N) is 1. The van der Waals surface area contributed by atoms with E-state index < -0.39 is 5.91 Å². The Balaban J connectivity index is 2.05. The fourth-order valence-electron chi connectivity index (χ4n) is 3.27. The molecule has 2 heterocycles. The van der Waals surface area contributed by atoms with Crippen molar-refractivity contribution in [3.05, 3.63) is 45.2 Å². The molecule has 1 saturated heterocycles. The summed E-state index contributed by atoms with van der Waals surface area (Å²) < 4.78 is 0. The van der Waals surface area contributed by atoms with Crippen LogP contribution in [0.25, 0.3) is 10.9 Å². The molecule has 0 spiro atoms. The van der Waals surface area contributed by atoms with Gasteiger partial charge in [0.15, 0.2) is 0 Å². The molecular weight excluding hydrogens is 330 g/mol. The van der Waals surface area contributed by atoms with Crippen molar-refractivity contribution in [2.24, 2.45) is 5.73 Å². The molecule has 0 unspecified atom stereocenters. The molecule has 7 heteroatoms. The van der Waals surface area contributed by atoms with E-state index >= 15 is 0 Å². The Labute approximate surface area is 143 Å². The maximum absolute atomic E-state index is 13.0. The van der Waals surface area contributed by atoms with Gasteiger partial charge in [-0.2, -0.15) is 0 Å². The summed E-state index contributed by atoms with van der Waals surface area (Å²) in [6.07, 6.45) is 2.68. The number of rotatable bonds is 3. The summed E-state index contributed by atoms with van der Waals surface area (Å²) in [6.45, 7) is 0.547. The molecule has 0 aliphatic carbocycles. The maximum atomic E-state index is 13.0. The highest BCUT2D eigenvalue weighted by atomic mass is 35.5. The van der Waals surface area contributed by atoms with Crippen LogP contribution in [0.5, 0.6) is 0 Å². The fraction of sp³-hybridized carbons (Fsp3) is 0.353. The van der Waals surface area contributed by atoms with E-state index in [2.05, 4.69) is 4.98 Å². The van der Waals surface area contributed by atoms with E-state index in [1.807, 2.05) is 0 Å². The number of fused-ring (bicyclic) bond motifs is 1. The van der Waals surface area contributed by atoms with Gasteiger partial charge in [-0.1, -0.05) is 11.6 Å². The second-order valence-corrected chi connectivity index (χ2v) is 6.49. The molecule has 6 nitrogen and oxygen atoms in total. The first kappa shape index (κ1) is 16.5. The SMILES string of the molecule is NC(=O)C[C@@H]1CCCCN1C(=O)c1cc(=O)[nH]c2ccc(Cl)cc12. The van der Waals surface area contributed by atoms with Crippen molar-refractivity contribution in [1.29, 1.82) is 0 Å². The van der Waals surface area contributed by atoms with Gasteiger partial charge in [-0.3, -0.25) is 14.4 Å². The van der Waals surface area contributed by atoms with Crippen LogP contribution in [-0.2, 0) is 4.79 Å². The lowest BCUT2D eigenvalue weighted by atomic mass is 9.97. The Morgan fingerprint density at radius 1 is 1.29 bits per heavy atom. The number of benzene rings is 1. The molecule has 0 radical (unpaired) electrons. The normalized spacial score (nSPS) is 17.9. The van der Waals surface area contributed by atoms with Crippen LogP contribution in [0.4, 0.5) is 0 Å². The van der Waals surface area contributed by atoms with Gasteiger partial charge >= 0.3 is 0 Å². The summed E-state index contributed by atoms with van der Waals surface area (Å²) in [5, 5.41) is 1.08. The molecule has 3 N–H and O–H groups in total. The van der Waals surface area contributed by atoms with Gasteiger partial charge in [0.05, 0.1) is 5.56 Å². The zero-order chi connectivity index (χ0) is 17.3. The van der Waals surface area contributed by atoms with Crippen LogP contribution < -0.4 is 11.3 Å². The lowest BCUT2D eigenvalue weighted by Gasteiger charge is -2.35. The number of carbonyl (C=O) groups is 2. The standard InChI is InChI=1S/C17H18ClN3O3/c18-10-4-5-14-12(7-10)13(9-16(23)20-14)17(24)21-6-2-1-3-11(21)8-15(19)22/h4-5,7,9,11H,1-3,6,8H2,(H2,19,22)(H,20,23)/t11-/m0/s1. The van der Waals surface area contributed by atoms with Crippen LogP contribution in [0.3, 0.4) is 0 Å². The Morgan fingerprint density at radius 2 is 2.08 bits per heavy atom. The second kappa shape index (κ2) is 6.65. The fourth-order valence-corrected chi connectivity index (χ4v) is 3.44. The number of aromatic nitrogens is 1. The average molecular weight is 348 g/mol. The number of pyridine rings is 1. The average Bonchev–Trinajstić information content (AvgIpc) is 2.54. The summed E-state index contributed by atoms with van der Waals surface area (Å²) >= 11 is 6.04. The third kappa shape index (κ3) is 3.28. The van der Waals surface area contributed by atoms with Crippen LogP contribution in [-0.4, -0.2) is 34.3 Å². The van der Waals surface area contributed by atoms with Gasteiger partial charge in [-0.25, -0.2) is 0 Å². The Hall–Kier alpha value is -2.34. The topological polar surface area (TPSA) is 96.3 Å². The van der Waals surface area contributed by atoms with Crippen molar-refractivity contribution < 1.29 is 9.59 Å². The summed E-state index contributed by atoms with van der Waals surface area (Å²) in [5.41, 5.74) is 5.81. The molecule has 1 aromatic heterocycles. The van der Waals surface area contributed by atoms with Gasteiger partial charge in [-0.05, 0) is 37.5 Å². The van der Waals surface area contributed by atoms with Crippen molar-refractivity contribution in [2.45, 2.75) is 31.7 Å². The van der Waals surface area contributed by atoms with Crippen molar-refractivity contribution in [1.82, 2.24) is 9.88 Å². The van der Waals surface area contributed by atoms with E-state index in [0.717, 1.165) is 19.3 Å². The number of piperidine rings is 1.